The summed E-state index contributed by atoms with van der Waals surface area (Å²) in [5.41, 5.74) is 0.309. The molecule has 1 aromatic heterocycles. The molecule has 5 heteroatoms. The Kier molecular flexibility index (Phi) is 4.42. The first-order valence-electron chi connectivity index (χ1n) is 4.69. The lowest BCUT2D eigenvalue weighted by molar-refractivity contribution is 0.298. The van der Waals surface area contributed by atoms with Gasteiger partial charge in [0.1, 0.15) is 0 Å². The molecular formula is C9H14BNO3. The molecule has 1 rings (SSSR count). The molecule has 0 bridgehead atoms. The number of hydrogen-bond donors (Lipinski definition) is 2. The van der Waals surface area contributed by atoms with Crippen LogP contribution in [0.4, 0.5) is 0 Å². The number of aromatic nitrogens is 1. The maximum absolute atomic E-state index is 9.00. The van der Waals surface area contributed by atoms with Crippen molar-refractivity contribution < 1.29 is 14.8 Å². The van der Waals surface area contributed by atoms with Crippen LogP contribution in [0.25, 0.3) is 0 Å². The highest BCUT2D eigenvalue weighted by Gasteiger charge is 2.17. The van der Waals surface area contributed by atoms with Crippen molar-refractivity contribution in [1.29, 1.82) is 0 Å². The van der Waals surface area contributed by atoms with Gasteiger partial charge in [0.05, 0.1) is 6.61 Å². The van der Waals surface area contributed by atoms with Crippen molar-refractivity contribution in [2.75, 3.05) is 6.61 Å². The Morgan fingerprint density at radius 3 is 2.93 bits per heavy atom. The van der Waals surface area contributed by atoms with E-state index >= 15 is 0 Å². The first-order chi connectivity index (χ1) is 6.75. The predicted octanol–water partition coefficient (Wildman–Crippen LogP) is -0.0597. The second-order valence-electron chi connectivity index (χ2n) is 2.97. The highest BCUT2D eigenvalue weighted by molar-refractivity contribution is 6.59. The maximum Gasteiger partial charge on any atom is 0.494 e. The number of ether oxygens (including phenoxy) is 1. The normalized spacial score (nSPS) is 9.93. The van der Waals surface area contributed by atoms with Crippen molar-refractivity contribution in [1.82, 2.24) is 4.98 Å². The van der Waals surface area contributed by atoms with Gasteiger partial charge in [-0.15, -0.1) is 0 Å². The second-order valence-corrected chi connectivity index (χ2v) is 2.97. The average molecular weight is 195 g/mol. The molecule has 1 heterocycles. The molecule has 0 radical (unpaired) electrons. The molecule has 0 spiro atoms. The minimum Gasteiger partial charge on any atom is -0.478 e. The van der Waals surface area contributed by atoms with E-state index in [1.165, 1.54) is 0 Å². The van der Waals surface area contributed by atoms with Crippen LogP contribution in [0.15, 0.2) is 18.3 Å². The molecule has 0 amide bonds. The molecule has 76 valence electrons. The summed E-state index contributed by atoms with van der Waals surface area (Å²) in [6.45, 7) is 2.61. The van der Waals surface area contributed by atoms with Gasteiger partial charge in [-0.2, -0.15) is 0 Å². The largest absolute Gasteiger partial charge is 0.494 e. The Morgan fingerprint density at radius 2 is 2.29 bits per heavy atom. The van der Waals surface area contributed by atoms with Gasteiger partial charge in [0.25, 0.3) is 0 Å². The lowest BCUT2D eigenvalue weighted by atomic mass is 9.81. The number of hydrogen-bond acceptors (Lipinski definition) is 4. The molecule has 0 atom stereocenters. The van der Waals surface area contributed by atoms with Crippen molar-refractivity contribution in [3.05, 3.63) is 18.3 Å². The third-order valence-corrected chi connectivity index (χ3v) is 1.82. The Balaban J connectivity index is 2.64. The van der Waals surface area contributed by atoms with Gasteiger partial charge in [-0.3, -0.25) is 0 Å². The Hall–Kier alpha value is -1.07. The Labute approximate surface area is 83.7 Å². The molecule has 0 aliphatic carbocycles. The summed E-state index contributed by atoms with van der Waals surface area (Å²) >= 11 is 0. The monoisotopic (exact) mass is 195 g/mol. The maximum atomic E-state index is 9.00. The van der Waals surface area contributed by atoms with Crippen LogP contribution in [0.5, 0.6) is 5.88 Å². The minimum absolute atomic E-state index is 0.302. The van der Waals surface area contributed by atoms with E-state index in [1.807, 2.05) is 0 Å². The van der Waals surface area contributed by atoms with Crippen LogP contribution in [-0.2, 0) is 0 Å². The summed E-state index contributed by atoms with van der Waals surface area (Å²) in [5.74, 6) is 0.302. The van der Waals surface area contributed by atoms with Gasteiger partial charge in [0.15, 0.2) is 0 Å². The topological polar surface area (TPSA) is 62.6 Å². The fourth-order valence-corrected chi connectivity index (χ4v) is 1.03. The quantitative estimate of drug-likeness (QED) is 0.510. The van der Waals surface area contributed by atoms with Gasteiger partial charge in [0, 0.05) is 11.7 Å². The van der Waals surface area contributed by atoms with E-state index in [4.69, 9.17) is 14.8 Å². The zero-order valence-corrected chi connectivity index (χ0v) is 8.18. The fourth-order valence-electron chi connectivity index (χ4n) is 1.03. The molecule has 2 N–H and O–H groups in total. The van der Waals surface area contributed by atoms with Crippen LogP contribution < -0.4 is 10.2 Å². The summed E-state index contributed by atoms with van der Waals surface area (Å²) in [5, 5.41) is 18.0. The van der Waals surface area contributed by atoms with Gasteiger partial charge in [-0.25, -0.2) is 4.98 Å². The smallest absolute Gasteiger partial charge is 0.478 e. The van der Waals surface area contributed by atoms with Gasteiger partial charge in [0.2, 0.25) is 5.88 Å². The van der Waals surface area contributed by atoms with Crippen molar-refractivity contribution >= 4 is 12.6 Å². The van der Waals surface area contributed by atoms with Crippen LogP contribution in [0.2, 0.25) is 0 Å². The molecule has 0 unspecified atom stereocenters. The highest BCUT2D eigenvalue weighted by atomic mass is 16.5. The zero-order valence-electron chi connectivity index (χ0n) is 8.18. The van der Waals surface area contributed by atoms with Crippen LogP contribution >= 0.6 is 0 Å². The molecule has 0 fully saturated rings. The van der Waals surface area contributed by atoms with E-state index in [9.17, 15) is 0 Å². The average Bonchev–Trinajstić information content (AvgIpc) is 2.19. The molecule has 0 aliphatic rings. The SMILES string of the molecule is CCCCOc1ncccc1B(O)O. The van der Waals surface area contributed by atoms with E-state index in [1.54, 1.807) is 18.3 Å². The van der Waals surface area contributed by atoms with Gasteiger partial charge < -0.3 is 14.8 Å². The molecule has 1 aromatic rings. The summed E-state index contributed by atoms with van der Waals surface area (Å²) < 4.78 is 5.31. The Bertz CT molecular complexity index is 281. The molecule has 14 heavy (non-hydrogen) atoms. The zero-order chi connectivity index (χ0) is 10.4. The van der Waals surface area contributed by atoms with E-state index < -0.39 is 7.12 Å². The van der Waals surface area contributed by atoms with Crippen molar-refractivity contribution in [3.8, 4) is 5.88 Å². The molecule has 0 aliphatic heterocycles. The molecule has 0 saturated carbocycles. The van der Waals surface area contributed by atoms with E-state index in [0.29, 0.717) is 17.9 Å². The third-order valence-electron chi connectivity index (χ3n) is 1.82. The molecule has 4 nitrogen and oxygen atoms in total. The summed E-state index contributed by atoms with van der Waals surface area (Å²) in [7, 11) is -1.53. The van der Waals surface area contributed by atoms with Crippen LogP contribution in [-0.4, -0.2) is 28.8 Å². The standard InChI is InChI=1S/C9H14BNO3/c1-2-3-7-14-9-8(10(12)13)5-4-6-11-9/h4-6,12-13H,2-3,7H2,1H3. The first kappa shape index (κ1) is 11.0. The van der Waals surface area contributed by atoms with Gasteiger partial charge >= 0.3 is 7.12 Å². The van der Waals surface area contributed by atoms with Crippen molar-refractivity contribution in [3.63, 3.8) is 0 Å². The first-order valence-corrected chi connectivity index (χ1v) is 4.69. The highest BCUT2D eigenvalue weighted by Crippen LogP contribution is 2.03. The van der Waals surface area contributed by atoms with Crippen molar-refractivity contribution in [2.45, 2.75) is 19.8 Å². The van der Waals surface area contributed by atoms with E-state index in [2.05, 4.69) is 11.9 Å². The minimum atomic E-state index is -1.53. The number of rotatable bonds is 5. The fraction of sp³-hybridized carbons (Fsp3) is 0.444. The van der Waals surface area contributed by atoms with E-state index in [-0.39, 0.29) is 0 Å². The lowest BCUT2D eigenvalue weighted by Crippen LogP contribution is -2.32. The molecule has 0 aromatic carbocycles. The number of unbranched alkanes of at least 4 members (excludes halogenated alkanes) is 1. The van der Waals surface area contributed by atoms with Gasteiger partial charge in [-0.1, -0.05) is 19.4 Å². The summed E-state index contributed by atoms with van der Waals surface area (Å²) in [6, 6.07) is 3.22. The lowest BCUT2D eigenvalue weighted by Gasteiger charge is -2.08. The number of pyridine rings is 1. The summed E-state index contributed by atoms with van der Waals surface area (Å²) in [4.78, 5) is 3.93. The third kappa shape index (κ3) is 3.01. The molecule has 0 saturated heterocycles. The van der Waals surface area contributed by atoms with E-state index in [0.717, 1.165) is 12.8 Å². The Morgan fingerprint density at radius 1 is 1.50 bits per heavy atom. The van der Waals surface area contributed by atoms with Gasteiger partial charge in [-0.05, 0) is 12.5 Å². The van der Waals surface area contributed by atoms with Crippen LogP contribution in [0.1, 0.15) is 19.8 Å². The second kappa shape index (κ2) is 5.62. The predicted molar refractivity (Wildman–Crippen MR) is 54.5 cm³/mol. The summed E-state index contributed by atoms with van der Waals surface area (Å²) in [6.07, 6.45) is 3.52. The number of nitrogens with zero attached hydrogens (tertiary/aromatic N) is 1. The molecular weight excluding hydrogens is 181 g/mol. The van der Waals surface area contributed by atoms with Crippen LogP contribution in [0.3, 0.4) is 0 Å². The van der Waals surface area contributed by atoms with Crippen LogP contribution in [0, 0.1) is 0 Å². The van der Waals surface area contributed by atoms with Crippen molar-refractivity contribution in [2.24, 2.45) is 0 Å².